The summed E-state index contributed by atoms with van der Waals surface area (Å²) in [6.07, 6.45) is 1.88. The lowest BCUT2D eigenvalue weighted by atomic mass is 10.0. The number of fused-ring (bicyclic) bond motifs is 1. The molecule has 2 aromatic rings. The van der Waals surface area contributed by atoms with Crippen molar-refractivity contribution in [3.8, 4) is 5.75 Å². The molecule has 0 bridgehead atoms. The topological polar surface area (TPSA) is 99.8 Å². The number of ether oxygens (including phenoxy) is 1. The summed E-state index contributed by atoms with van der Waals surface area (Å²) in [5, 5.41) is 8.59. The first-order valence-electron chi connectivity index (χ1n) is 9.93. The van der Waals surface area contributed by atoms with Crippen LogP contribution in [0.15, 0.2) is 48.5 Å². The zero-order valence-corrected chi connectivity index (χ0v) is 16.7. The highest BCUT2D eigenvalue weighted by atomic mass is 16.5. The zero-order chi connectivity index (χ0) is 21.1. The monoisotopic (exact) mass is 408 g/mol. The lowest BCUT2D eigenvalue weighted by Gasteiger charge is -2.37. The molecule has 1 heterocycles. The Labute approximate surface area is 174 Å². The summed E-state index contributed by atoms with van der Waals surface area (Å²) in [6.45, 7) is 0.0153. The molecule has 1 aliphatic carbocycles. The Morgan fingerprint density at radius 3 is 2.53 bits per heavy atom. The van der Waals surface area contributed by atoms with Gasteiger partial charge >= 0.3 is 0 Å². The molecular weight excluding hydrogens is 384 g/mol. The quantitative estimate of drug-likeness (QED) is 0.652. The maximum Gasteiger partial charge on any atom is 0.247 e. The number of hydrogen-bond donors (Lipinski definition) is 3. The molecule has 0 spiro atoms. The van der Waals surface area contributed by atoms with Crippen LogP contribution in [0, 0.1) is 0 Å². The van der Waals surface area contributed by atoms with Crippen molar-refractivity contribution in [2.45, 2.75) is 31.3 Å². The fraction of sp³-hybridized carbons (Fsp3) is 0.318. The Morgan fingerprint density at radius 2 is 1.83 bits per heavy atom. The molecule has 0 radical (unpaired) electrons. The van der Waals surface area contributed by atoms with Crippen molar-refractivity contribution in [2.24, 2.45) is 0 Å². The fourth-order valence-corrected chi connectivity index (χ4v) is 3.47. The average molecular weight is 408 g/mol. The van der Waals surface area contributed by atoms with Gasteiger partial charge in [-0.2, -0.15) is 0 Å². The van der Waals surface area contributed by atoms with E-state index in [-0.39, 0.29) is 36.7 Å². The van der Waals surface area contributed by atoms with E-state index in [4.69, 9.17) is 4.74 Å². The number of nitrogens with one attached hydrogen (secondary N) is 3. The third kappa shape index (κ3) is 4.53. The predicted octanol–water partition coefficient (Wildman–Crippen LogP) is 2.13. The number of carbonyl (C=O) groups is 3. The maximum absolute atomic E-state index is 12.8. The minimum absolute atomic E-state index is 0.0153. The molecule has 0 saturated heterocycles. The predicted molar refractivity (Wildman–Crippen MR) is 114 cm³/mol. The summed E-state index contributed by atoms with van der Waals surface area (Å²) in [6, 6.07) is 13.7. The largest absolute Gasteiger partial charge is 0.497 e. The van der Waals surface area contributed by atoms with E-state index in [0.29, 0.717) is 17.1 Å². The first kappa shape index (κ1) is 19.8. The van der Waals surface area contributed by atoms with Crippen LogP contribution in [0.2, 0.25) is 0 Å². The van der Waals surface area contributed by atoms with E-state index in [1.807, 2.05) is 18.2 Å². The number of rotatable bonds is 7. The number of nitrogens with zero attached hydrogens (tertiary/aromatic N) is 1. The van der Waals surface area contributed by atoms with E-state index in [0.717, 1.165) is 18.5 Å². The van der Waals surface area contributed by atoms with E-state index in [1.54, 1.807) is 42.3 Å². The molecule has 30 heavy (non-hydrogen) atoms. The first-order chi connectivity index (χ1) is 14.5. The highest BCUT2D eigenvalue weighted by molar-refractivity contribution is 6.07. The van der Waals surface area contributed by atoms with Crippen molar-refractivity contribution in [1.29, 1.82) is 0 Å². The molecule has 0 aromatic heterocycles. The Kier molecular flexibility index (Phi) is 5.56. The number of amides is 3. The zero-order valence-electron chi connectivity index (χ0n) is 16.7. The summed E-state index contributed by atoms with van der Waals surface area (Å²) >= 11 is 0. The van der Waals surface area contributed by atoms with Gasteiger partial charge in [-0.25, -0.2) is 0 Å². The van der Waals surface area contributed by atoms with Crippen LogP contribution in [0.1, 0.15) is 19.3 Å². The SMILES string of the molecule is COc1ccc(NC(=O)CC2C(=O)Nc3ccccc3N2CC(=O)NC2CC2)cc1. The average Bonchev–Trinajstić information content (AvgIpc) is 3.55. The number of methoxy groups -OCH3 is 1. The molecule has 2 aliphatic rings. The van der Waals surface area contributed by atoms with Gasteiger partial charge in [0.15, 0.2) is 0 Å². The van der Waals surface area contributed by atoms with E-state index in [2.05, 4.69) is 16.0 Å². The van der Waals surface area contributed by atoms with Crippen LogP contribution in [0.25, 0.3) is 0 Å². The normalized spacial score (nSPS) is 17.6. The second-order valence-electron chi connectivity index (χ2n) is 7.47. The molecule has 156 valence electrons. The van der Waals surface area contributed by atoms with Crippen molar-refractivity contribution >= 4 is 34.8 Å². The fourth-order valence-electron chi connectivity index (χ4n) is 3.47. The van der Waals surface area contributed by atoms with E-state index < -0.39 is 6.04 Å². The van der Waals surface area contributed by atoms with Crippen molar-refractivity contribution in [3.05, 3.63) is 48.5 Å². The molecule has 3 amide bonds. The summed E-state index contributed by atoms with van der Waals surface area (Å²) in [7, 11) is 1.57. The summed E-state index contributed by atoms with van der Waals surface area (Å²) in [5.41, 5.74) is 1.97. The van der Waals surface area contributed by atoms with Crippen LogP contribution in [-0.2, 0) is 14.4 Å². The minimum Gasteiger partial charge on any atom is -0.497 e. The van der Waals surface area contributed by atoms with Gasteiger partial charge in [0.1, 0.15) is 11.8 Å². The van der Waals surface area contributed by atoms with E-state index in [9.17, 15) is 14.4 Å². The summed E-state index contributed by atoms with van der Waals surface area (Å²) in [5.74, 6) is -0.0863. The standard InChI is InChI=1S/C22H24N4O4/c1-30-16-10-8-15(9-11-16)23-20(27)12-19-22(29)25-17-4-2-3-5-18(17)26(19)13-21(28)24-14-6-7-14/h2-5,8-11,14,19H,6-7,12-13H2,1H3,(H,23,27)(H,24,28)(H,25,29). The molecule has 8 heteroatoms. The van der Waals surface area contributed by atoms with Gasteiger partial charge in [0.2, 0.25) is 17.7 Å². The second-order valence-corrected chi connectivity index (χ2v) is 7.47. The van der Waals surface area contributed by atoms with Crippen LogP contribution >= 0.6 is 0 Å². The van der Waals surface area contributed by atoms with Crippen molar-refractivity contribution in [2.75, 3.05) is 29.2 Å². The Morgan fingerprint density at radius 1 is 1.10 bits per heavy atom. The van der Waals surface area contributed by atoms with Gasteiger partial charge in [-0.1, -0.05) is 12.1 Å². The highest BCUT2D eigenvalue weighted by Crippen LogP contribution is 2.33. The molecule has 4 rings (SSSR count). The molecule has 1 unspecified atom stereocenters. The van der Waals surface area contributed by atoms with Crippen LogP contribution in [0.5, 0.6) is 5.75 Å². The Bertz CT molecular complexity index is 956. The molecule has 2 aromatic carbocycles. The van der Waals surface area contributed by atoms with E-state index >= 15 is 0 Å². The number of para-hydroxylation sites is 2. The smallest absolute Gasteiger partial charge is 0.247 e. The van der Waals surface area contributed by atoms with Gasteiger partial charge in [-0.15, -0.1) is 0 Å². The summed E-state index contributed by atoms with van der Waals surface area (Å²) in [4.78, 5) is 39.6. The van der Waals surface area contributed by atoms with Crippen LogP contribution in [0.3, 0.4) is 0 Å². The number of carbonyl (C=O) groups excluding carboxylic acids is 3. The maximum atomic E-state index is 12.8. The van der Waals surface area contributed by atoms with E-state index in [1.165, 1.54) is 0 Å². The third-order valence-corrected chi connectivity index (χ3v) is 5.16. The molecule has 1 atom stereocenters. The Balaban J connectivity index is 1.50. The lowest BCUT2D eigenvalue weighted by molar-refractivity contribution is -0.123. The first-order valence-corrected chi connectivity index (χ1v) is 9.93. The van der Waals surface area contributed by atoms with Crippen molar-refractivity contribution in [3.63, 3.8) is 0 Å². The van der Waals surface area contributed by atoms with Crippen LogP contribution in [0.4, 0.5) is 17.1 Å². The molecular formula is C22H24N4O4. The van der Waals surface area contributed by atoms with Crippen molar-refractivity contribution in [1.82, 2.24) is 5.32 Å². The molecule has 8 nitrogen and oxygen atoms in total. The summed E-state index contributed by atoms with van der Waals surface area (Å²) < 4.78 is 5.12. The lowest BCUT2D eigenvalue weighted by Crippen LogP contribution is -2.53. The van der Waals surface area contributed by atoms with Gasteiger partial charge < -0.3 is 25.6 Å². The molecule has 1 fully saturated rings. The second kappa shape index (κ2) is 8.44. The number of benzene rings is 2. The van der Waals surface area contributed by atoms with Gasteiger partial charge in [0.05, 0.1) is 31.5 Å². The van der Waals surface area contributed by atoms with Crippen molar-refractivity contribution < 1.29 is 19.1 Å². The molecule has 3 N–H and O–H groups in total. The third-order valence-electron chi connectivity index (χ3n) is 5.16. The molecule has 1 aliphatic heterocycles. The van der Waals surface area contributed by atoms with Gasteiger partial charge in [-0.3, -0.25) is 14.4 Å². The number of anilines is 3. The molecule has 1 saturated carbocycles. The van der Waals surface area contributed by atoms with Gasteiger partial charge in [0.25, 0.3) is 0 Å². The number of hydrogen-bond acceptors (Lipinski definition) is 5. The van der Waals surface area contributed by atoms with Crippen LogP contribution < -0.4 is 25.6 Å². The van der Waals surface area contributed by atoms with Crippen LogP contribution in [-0.4, -0.2) is 43.5 Å². The minimum atomic E-state index is -0.789. The Hall–Kier alpha value is -3.55. The highest BCUT2D eigenvalue weighted by Gasteiger charge is 2.36. The van der Waals surface area contributed by atoms with Gasteiger partial charge in [0, 0.05) is 11.7 Å². The van der Waals surface area contributed by atoms with Gasteiger partial charge in [-0.05, 0) is 49.2 Å².